The van der Waals surface area contributed by atoms with Gasteiger partial charge in [-0.2, -0.15) is 13.2 Å². The summed E-state index contributed by atoms with van der Waals surface area (Å²) in [5.41, 5.74) is 0.793. The number of methoxy groups -OCH3 is 1. The fourth-order valence-corrected chi connectivity index (χ4v) is 6.79. The maximum Gasteiger partial charge on any atom is 0.416 e. The average molecular weight is 597 g/mol. The van der Waals surface area contributed by atoms with Gasteiger partial charge in [-0.25, -0.2) is 17.6 Å². The second kappa shape index (κ2) is 11.1. The second-order valence-corrected chi connectivity index (χ2v) is 11.5. The van der Waals surface area contributed by atoms with Crippen molar-refractivity contribution in [3.8, 4) is 0 Å². The molecule has 4 rings (SSSR count). The van der Waals surface area contributed by atoms with Crippen molar-refractivity contribution in [1.82, 2.24) is 5.32 Å². The summed E-state index contributed by atoms with van der Waals surface area (Å²) in [4.78, 5) is 11.4. The summed E-state index contributed by atoms with van der Waals surface area (Å²) in [6.07, 6.45) is -3.69. The number of rotatable bonds is 5. The molecule has 1 aliphatic heterocycles. The number of hydrogen-bond donors (Lipinski definition) is 1. The molecule has 212 valence electrons. The molecule has 0 spiro atoms. The van der Waals surface area contributed by atoms with Gasteiger partial charge in [0, 0.05) is 5.56 Å². The summed E-state index contributed by atoms with van der Waals surface area (Å²) in [7, 11) is -3.39. The first-order chi connectivity index (χ1) is 18.7. The van der Waals surface area contributed by atoms with Gasteiger partial charge >= 0.3 is 12.3 Å². The number of nitrogens with zero attached hydrogens (tertiary/aromatic N) is 1. The van der Waals surface area contributed by atoms with Gasteiger partial charge in [-0.1, -0.05) is 41.9 Å². The first-order valence-electron chi connectivity index (χ1n) is 12.1. The summed E-state index contributed by atoms with van der Waals surface area (Å²) in [5, 5.41) is 2.81. The van der Waals surface area contributed by atoms with Crippen molar-refractivity contribution >= 4 is 45.1 Å². The summed E-state index contributed by atoms with van der Waals surface area (Å²) in [6.45, 7) is 3.20. The van der Waals surface area contributed by atoms with E-state index in [-0.39, 0.29) is 22.7 Å². The van der Waals surface area contributed by atoms with Crippen LogP contribution in [0.3, 0.4) is 0 Å². The molecule has 2 atom stereocenters. The Labute approximate surface area is 234 Å². The van der Waals surface area contributed by atoms with Crippen LogP contribution in [0.2, 0.25) is 5.02 Å². The van der Waals surface area contributed by atoms with Crippen LogP contribution < -0.4 is 9.62 Å². The second-order valence-electron chi connectivity index (χ2n) is 9.33. The quantitative estimate of drug-likeness (QED) is 0.256. The van der Waals surface area contributed by atoms with Crippen LogP contribution in [0, 0.1) is 5.82 Å². The molecule has 0 radical (unpaired) electrons. The van der Waals surface area contributed by atoms with E-state index >= 15 is 0 Å². The van der Waals surface area contributed by atoms with E-state index in [4.69, 9.17) is 11.6 Å². The van der Waals surface area contributed by atoms with Gasteiger partial charge in [0.05, 0.1) is 40.4 Å². The number of allylic oxidation sites excluding steroid dienone is 1. The molecular weight excluding hydrogens is 572 g/mol. The molecule has 1 N–H and O–H groups in total. The number of halogens is 5. The zero-order chi connectivity index (χ0) is 29.4. The summed E-state index contributed by atoms with van der Waals surface area (Å²) in [5.74, 6) is -0.529. The van der Waals surface area contributed by atoms with E-state index in [2.05, 4.69) is 10.1 Å². The Morgan fingerprint density at radius 1 is 1.12 bits per heavy atom. The van der Waals surface area contributed by atoms with Gasteiger partial charge in [0.2, 0.25) is 0 Å². The largest absolute Gasteiger partial charge is 0.453 e. The van der Waals surface area contributed by atoms with E-state index in [9.17, 15) is 30.8 Å². The summed E-state index contributed by atoms with van der Waals surface area (Å²) in [6, 6.07) is 11.0. The molecule has 3 aromatic carbocycles. The lowest BCUT2D eigenvalue weighted by Crippen LogP contribution is -2.56. The first-order valence-corrected chi connectivity index (χ1v) is 13.9. The van der Waals surface area contributed by atoms with Crippen LogP contribution in [0.5, 0.6) is 0 Å². The van der Waals surface area contributed by atoms with Crippen LogP contribution in [0.25, 0.3) is 11.6 Å². The fourth-order valence-electron chi connectivity index (χ4n) is 4.71. The van der Waals surface area contributed by atoms with Crippen LogP contribution in [-0.4, -0.2) is 33.7 Å². The normalized spacial score (nSPS) is 17.8. The highest BCUT2D eigenvalue weighted by atomic mass is 35.5. The van der Waals surface area contributed by atoms with Crippen LogP contribution in [-0.2, 0) is 27.4 Å². The SMILES string of the molecule is COC(=O)NC1Cc2ccc(C=C(C)c3c(F)cccc3Cl)cc2N(S(=O)(=O)c2cccc(C(F)(F)F)c2)C1C. The number of ether oxygens (including phenoxy) is 1. The maximum absolute atomic E-state index is 14.5. The Bertz CT molecular complexity index is 1570. The van der Waals surface area contributed by atoms with Crippen molar-refractivity contribution < 1.29 is 35.5 Å². The van der Waals surface area contributed by atoms with Crippen molar-refractivity contribution in [3.05, 3.63) is 93.8 Å². The van der Waals surface area contributed by atoms with Gasteiger partial charge in [0.15, 0.2) is 0 Å². The smallest absolute Gasteiger partial charge is 0.416 e. The lowest BCUT2D eigenvalue weighted by atomic mass is 9.92. The third-order valence-corrected chi connectivity index (χ3v) is 8.90. The lowest BCUT2D eigenvalue weighted by Gasteiger charge is -2.41. The van der Waals surface area contributed by atoms with E-state index in [0.717, 1.165) is 29.6 Å². The first kappa shape index (κ1) is 29.4. The number of alkyl carbamates (subject to hydrolysis) is 1. The van der Waals surface area contributed by atoms with Gasteiger partial charge in [-0.3, -0.25) is 4.31 Å². The van der Waals surface area contributed by atoms with Crippen LogP contribution >= 0.6 is 11.6 Å². The predicted molar refractivity (Wildman–Crippen MR) is 145 cm³/mol. The highest BCUT2D eigenvalue weighted by Gasteiger charge is 2.41. The van der Waals surface area contributed by atoms with Gasteiger partial charge in [-0.15, -0.1) is 0 Å². The molecule has 0 saturated heterocycles. The van der Waals surface area contributed by atoms with Crippen molar-refractivity contribution in [3.63, 3.8) is 0 Å². The molecule has 0 fully saturated rings. The molecule has 2 unspecified atom stereocenters. The Balaban J connectivity index is 1.86. The third kappa shape index (κ3) is 5.80. The highest BCUT2D eigenvalue weighted by molar-refractivity contribution is 7.92. The third-order valence-electron chi connectivity index (χ3n) is 6.69. The molecule has 0 aliphatic carbocycles. The molecule has 0 bridgehead atoms. The number of carbonyl (C=O) groups excluding carboxylic acids is 1. The molecule has 40 heavy (non-hydrogen) atoms. The summed E-state index contributed by atoms with van der Waals surface area (Å²) < 4.78 is 88.3. The molecule has 12 heteroatoms. The number of anilines is 1. The number of nitrogens with one attached hydrogen (secondary N) is 1. The van der Waals surface area contributed by atoms with Crippen LogP contribution in [0.1, 0.15) is 36.1 Å². The van der Waals surface area contributed by atoms with Crippen molar-refractivity contribution in [1.29, 1.82) is 0 Å². The highest BCUT2D eigenvalue weighted by Crippen LogP contribution is 2.39. The van der Waals surface area contributed by atoms with Crippen molar-refractivity contribution in [2.45, 2.75) is 43.4 Å². The van der Waals surface area contributed by atoms with Crippen LogP contribution in [0.15, 0.2) is 65.6 Å². The fraction of sp³-hybridized carbons (Fsp3) is 0.250. The molecule has 1 heterocycles. The zero-order valence-corrected chi connectivity index (χ0v) is 23.2. The number of amides is 1. The Hall–Kier alpha value is -3.57. The van der Waals surface area contributed by atoms with E-state index in [1.54, 1.807) is 44.2 Å². The molecule has 3 aromatic rings. The minimum absolute atomic E-state index is 0.186. The van der Waals surface area contributed by atoms with Crippen LogP contribution in [0.4, 0.5) is 28.0 Å². The van der Waals surface area contributed by atoms with E-state index in [1.165, 1.54) is 12.1 Å². The number of hydrogen-bond acceptors (Lipinski definition) is 4. The monoisotopic (exact) mass is 596 g/mol. The molecule has 0 saturated carbocycles. The minimum Gasteiger partial charge on any atom is -0.453 e. The number of benzene rings is 3. The summed E-state index contributed by atoms with van der Waals surface area (Å²) >= 11 is 6.20. The molecule has 1 aliphatic rings. The standard InChI is InChI=1S/C28H25ClF4N2O4S/c1-16(26-22(29)8-5-9-23(26)30)12-18-10-11-19-14-24(34-27(36)39-3)17(2)35(25(19)13-18)40(37,38)21-7-4-6-20(15-21)28(31,32)33/h4-13,15,17,24H,14H2,1-3H3,(H,34,36). The molecule has 6 nitrogen and oxygen atoms in total. The van der Waals surface area contributed by atoms with E-state index in [1.807, 2.05) is 0 Å². The molecule has 1 amide bonds. The molecule has 0 aromatic heterocycles. The number of alkyl halides is 3. The van der Waals surface area contributed by atoms with Gasteiger partial charge in [0.1, 0.15) is 5.82 Å². The predicted octanol–water partition coefficient (Wildman–Crippen LogP) is 6.92. The van der Waals surface area contributed by atoms with E-state index in [0.29, 0.717) is 22.8 Å². The van der Waals surface area contributed by atoms with E-state index < -0.39 is 50.7 Å². The molecular formula is C28H25ClF4N2O4S. The van der Waals surface area contributed by atoms with Crippen molar-refractivity contribution in [2.75, 3.05) is 11.4 Å². The topological polar surface area (TPSA) is 75.7 Å². The Kier molecular flexibility index (Phi) is 8.18. The van der Waals surface area contributed by atoms with Gasteiger partial charge < -0.3 is 10.1 Å². The average Bonchev–Trinajstić information content (AvgIpc) is 2.88. The number of sulfonamides is 1. The number of carbonyl (C=O) groups is 1. The Morgan fingerprint density at radius 2 is 1.82 bits per heavy atom. The zero-order valence-electron chi connectivity index (χ0n) is 21.6. The minimum atomic E-state index is -4.75. The van der Waals surface area contributed by atoms with Gasteiger partial charge in [0.25, 0.3) is 10.0 Å². The maximum atomic E-state index is 14.5. The lowest BCUT2D eigenvalue weighted by molar-refractivity contribution is -0.137. The number of fused-ring (bicyclic) bond motifs is 1. The van der Waals surface area contributed by atoms with Gasteiger partial charge in [-0.05, 0) is 73.4 Å². The Morgan fingerprint density at radius 3 is 2.48 bits per heavy atom. The van der Waals surface area contributed by atoms with Crippen molar-refractivity contribution in [2.24, 2.45) is 0 Å².